The summed E-state index contributed by atoms with van der Waals surface area (Å²) in [7, 11) is 0. The highest BCUT2D eigenvalue weighted by atomic mass is 15.1. The van der Waals surface area contributed by atoms with Crippen LogP contribution in [0.25, 0.3) is 82.0 Å². The second-order valence-electron chi connectivity index (χ2n) is 15.3. The van der Waals surface area contributed by atoms with Crippen molar-refractivity contribution < 1.29 is 0 Å². The van der Waals surface area contributed by atoms with E-state index < -0.39 is 0 Å². The van der Waals surface area contributed by atoms with Gasteiger partial charge in [0.1, 0.15) is 0 Å². The Morgan fingerprint density at radius 1 is 0.400 bits per heavy atom. The molecular formula is C59H43N. The van der Waals surface area contributed by atoms with Crippen LogP contribution in [0, 0.1) is 0 Å². The van der Waals surface area contributed by atoms with E-state index in [-0.39, 0.29) is 0 Å². The van der Waals surface area contributed by atoms with E-state index in [0.29, 0.717) is 0 Å². The van der Waals surface area contributed by atoms with E-state index in [0.717, 1.165) is 17.1 Å². The van der Waals surface area contributed by atoms with E-state index in [1.54, 1.807) is 0 Å². The first-order valence-electron chi connectivity index (χ1n) is 20.7. The maximum atomic E-state index is 3.88. The van der Waals surface area contributed by atoms with Gasteiger partial charge in [0.15, 0.2) is 0 Å². The molecule has 1 heteroatoms. The lowest BCUT2D eigenvalue weighted by atomic mass is 9.91. The van der Waals surface area contributed by atoms with Crippen LogP contribution in [0.3, 0.4) is 0 Å². The summed E-state index contributed by atoms with van der Waals surface area (Å²) in [6, 6.07) is 75.3. The molecular weight excluding hydrogens is 723 g/mol. The SMILES string of the molecule is C=C/C=C\C(=C/C)c1ccc(-c2ccc(N(c3ccc(-c4ccc5ccc6c7ccccc7ccc6c5c4)cc3)c3cccc(-c4ccccc4)c3)cc2)c2ccccc12. The molecule has 10 rings (SSSR count). The third-order valence-electron chi connectivity index (χ3n) is 11.8. The van der Waals surface area contributed by atoms with E-state index in [9.17, 15) is 0 Å². The second kappa shape index (κ2) is 15.9. The van der Waals surface area contributed by atoms with Crippen LogP contribution in [0.1, 0.15) is 12.5 Å². The molecule has 0 heterocycles. The minimum Gasteiger partial charge on any atom is -0.310 e. The van der Waals surface area contributed by atoms with Crippen LogP contribution in [0.15, 0.2) is 237 Å². The van der Waals surface area contributed by atoms with Crippen LogP contribution in [0.4, 0.5) is 17.1 Å². The van der Waals surface area contributed by atoms with Gasteiger partial charge in [-0.2, -0.15) is 0 Å². The molecule has 1 nitrogen and oxygen atoms in total. The Morgan fingerprint density at radius 3 is 1.70 bits per heavy atom. The summed E-state index contributed by atoms with van der Waals surface area (Å²) >= 11 is 0. The van der Waals surface area contributed by atoms with Crippen molar-refractivity contribution in [2.24, 2.45) is 0 Å². The number of anilines is 3. The van der Waals surface area contributed by atoms with Crippen molar-refractivity contribution in [1.82, 2.24) is 0 Å². The zero-order chi connectivity index (χ0) is 40.4. The van der Waals surface area contributed by atoms with Crippen LogP contribution < -0.4 is 4.90 Å². The maximum Gasteiger partial charge on any atom is 0.0467 e. The van der Waals surface area contributed by atoms with Crippen molar-refractivity contribution in [3.63, 3.8) is 0 Å². The third kappa shape index (κ3) is 6.77. The Morgan fingerprint density at radius 2 is 0.967 bits per heavy atom. The van der Waals surface area contributed by atoms with Crippen molar-refractivity contribution in [3.05, 3.63) is 243 Å². The van der Waals surface area contributed by atoms with Gasteiger partial charge in [-0.25, -0.2) is 0 Å². The van der Waals surface area contributed by atoms with Gasteiger partial charge in [-0.3, -0.25) is 0 Å². The molecule has 0 atom stereocenters. The number of rotatable bonds is 9. The first-order chi connectivity index (χ1) is 29.7. The summed E-state index contributed by atoms with van der Waals surface area (Å²) in [6.07, 6.45) is 8.11. The molecule has 284 valence electrons. The number of benzene rings is 10. The first-order valence-corrected chi connectivity index (χ1v) is 20.7. The monoisotopic (exact) mass is 765 g/mol. The average Bonchev–Trinajstić information content (AvgIpc) is 3.32. The van der Waals surface area contributed by atoms with Gasteiger partial charge in [0, 0.05) is 17.1 Å². The molecule has 0 saturated carbocycles. The van der Waals surface area contributed by atoms with Gasteiger partial charge in [-0.1, -0.05) is 195 Å². The van der Waals surface area contributed by atoms with Crippen LogP contribution in [0.2, 0.25) is 0 Å². The standard InChI is InChI=1S/C59H43N/c1-3-5-14-41(4-2)53-37-38-54(56-22-12-11-21-55(53)56)45-27-33-50(34-28-45)60(51-19-13-18-47(39-51)42-15-7-6-8-16-42)49-31-25-43(26-32-49)48-24-23-46-30-35-57-52-20-10-9-17-44(52)29-36-58(57)59(46)40-48/h3-40H,1H2,2H3/b14-5-,41-4+. The predicted octanol–water partition coefficient (Wildman–Crippen LogP) is 16.9. The molecule has 0 amide bonds. The Labute approximate surface area is 352 Å². The van der Waals surface area contributed by atoms with E-state index in [1.165, 1.54) is 87.6 Å². The van der Waals surface area contributed by atoms with Crippen molar-refractivity contribution in [1.29, 1.82) is 0 Å². The topological polar surface area (TPSA) is 3.24 Å². The Balaban J connectivity index is 1.05. The lowest BCUT2D eigenvalue weighted by Gasteiger charge is -2.26. The summed E-state index contributed by atoms with van der Waals surface area (Å²) < 4.78 is 0. The Hall–Kier alpha value is -7.74. The van der Waals surface area contributed by atoms with Crippen molar-refractivity contribution in [2.75, 3.05) is 4.90 Å². The highest BCUT2D eigenvalue weighted by molar-refractivity contribution is 6.17. The predicted molar refractivity (Wildman–Crippen MR) is 260 cm³/mol. The molecule has 0 bridgehead atoms. The fourth-order valence-corrected chi connectivity index (χ4v) is 8.81. The quantitative estimate of drug-likeness (QED) is 0.104. The average molecular weight is 766 g/mol. The Bertz CT molecular complexity index is 3260. The Kier molecular flexibility index (Phi) is 9.69. The third-order valence-corrected chi connectivity index (χ3v) is 11.8. The van der Waals surface area contributed by atoms with Gasteiger partial charge in [0.05, 0.1) is 0 Å². The molecule has 0 radical (unpaired) electrons. The van der Waals surface area contributed by atoms with Crippen LogP contribution in [-0.4, -0.2) is 0 Å². The molecule has 10 aromatic carbocycles. The number of nitrogens with zero attached hydrogens (tertiary/aromatic N) is 1. The molecule has 0 spiro atoms. The number of hydrogen-bond donors (Lipinski definition) is 0. The molecule has 10 aromatic rings. The molecule has 0 fully saturated rings. The summed E-state index contributed by atoms with van der Waals surface area (Å²) in [5, 5.41) is 10.1. The van der Waals surface area contributed by atoms with E-state index in [1.807, 2.05) is 12.2 Å². The fraction of sp³-hybridized carbons (Fsp3) is 0.0169. The van der Waals surface area contributed by atoms with E-state index in [2.05, 4.69) is 237 Å². The summed E-state index contributed by atoms with van der Waals surface area (Å²) in [4.78, 5) is 2.37. The minimum absolute atomic E-state index is 1.09. The molecule has 60 heavy (non-hydrogen) atoms. The smallest absolute Gasteiger partial charge is 0.0467 e. The molecule has 0 N–H and O–H groups in total. The molecule has 0 saturated heterocycles. The lowest BCUT2D eigenvalue weighted by molar-refractivity contribution is 1.28. The normalized spacial score (nSPS) is 11.8. The zero-order valence-electron chi connectivity index (χ0n) is 33.6. The summed E-state index contributed by atoms with van der Waals surface area (Å²) in [6.45, 7) is 5.96. The van der Waals surface area contributed by atoms with E-state index >= 15 is 0 Å². The number of hydrogen-bond acceptors (Lipinski definition) is 1. The highest BCUT2D eigenvalue weighted by Gasteiger charge is 2.16. The summed E-state index contributed by atoms with van der Waals surface area (Å²) in [5.74, 6) is 0. The lowest BCUT2D eigenvalue weighted by Crippen LogP contribution is -2.10. The summed E-state index contributed by atoms with van der Waals surface area (Å²) in [5.41, 5.74) is 12.8. The van der Waals surface area contributed by atoms with Gasteiger partial charge in [0.25, 0.3) is 0 Å². The van der Waals surface area contributed by atoms with Crippen molar-refractivity contribution >= 4 is 65.7 Å². The first kappa shape index (κ1) is 36.6. The van der Waals surface area contributed by atoms with E-state index in [4.69, 9.17) is 0 Å². The largest absolute Gasteiger partial charge is 0.310 e. The van der Waals surface area contributed by atoms with Gasteiger partial charge in [-0.15, -0.1) is 0 Å². The van der Waals surface area contributed by atoms with Gasteiger partial charge in [0.2, 0.25) is 0 Å². The van der Waals surface area contributed by atoms with Gasteiger partial charge >= 0.3 is 0 Å². The molecule has 0 unspecified atom stereocenters. The van der Waals surface area contributed by atoms with Gasteiger partial charge < -0.3 is 4.90 Å². The van der Waals surface area contributed by atoms with Gasteiger partial charge in [-0.05, 0) is 137 Å². The minimum atomic E-state index is 1.09. The maximum absolute atomic E-state index is 3.88. The second-order valence-corrected chi connectivity index (χ2v) is 15.3. The molecule has 0 aliphatic carbocycles. The molecule has 0 aliphatic rings. The fourth-order valence-electron chi connectivity index (χ4n) is 8.81. The number of allylic oxidation sites excluding steroid dienone is 5. The van der Waals surface area contributed by atoms with Crippen LogP contribution >= 0.6 is 0 Å². The van der Waals surface area contributed by atoms with Crippen LogP contribution in [-0.2, 0) is 0 Å². The zero-order valence-corrected chi connectivity index (χ0v) is 33.6. The van der Waals surface area contributed by atoms with Crippen LogP contribution in [0.5, 0.6) is 0 Å². The number of fused-ring (bicyclic) bond motifs is 6. The van der Waals surface area contributed by atoms with Crippen molar-refractivity contribution in [3.8, 4) is 33.4 Å². The molecule has 0 aromatic heterocycles. The van der Waals surface area contributed by atoms with Crippen molar-refractivity contribution in [2.45, 2.75) is 6.92 Å². The molecule has 0 aliphatic heterocycles. The highest BCUT2D eigenvalue weighted by Crippen LogP contribution is 2.41.